The Morgan fingerprint density at radius 3 is 2.20 bits per heavy atom. The van der Waals surface area contributed by atoms with Crippen LogP contribution < -0.4 is 0 Å². The molecule has 2 aromatic rings. The van der Waals surface area contributed by atoms with Crippen molar-refractivity contribution >= 4 is 51.5 Å². The number of nitrogens with zero attached hydrogens (tertiary/aromatic N) is 3. The normalized spacial score (nSPS) is 11.9. The third kappa shape index (κ3) is 2.46. The molecule has 0 radical (unpaired) electrons. The topological polar surface area (TPSA) is 68.9 Å². The molecule has 0 aliphatic heterocycles. The van der Waals surface area contributed by atoms with Crippen molar-refractivity contribution in [2.24, 2.45) is 0 Å². The largest absolute Gasteiger partial charge is 0.424 e. The molecule has 0 N–H and O–H groups in total. The van der Waals surface area contributed by atoms with E-state index >= 15 is 0 Å². The summed E-state index contributed by atoms with van der Waals surface area (Å²) in [5.74, 6) is 0. The second kappa shape index (κ2) is 4.87. The highest BCUT2D eigenvalue weighted by molar-refractivity contribution is 6.41. The van der Waals surface area contributed by atoms with E-state index in [1.54, 1.807) is 0 Å². The van der Waals surface area contributed by atoms with E-state index in [1.165, 1.54) is 0 Å². The van der Waals surface area contributed by atoms with Gasteiger partial charge in [-0.25, -0.2) is 9.97 Å². The Labute approximate surface area is 123 Å². The smallest absolute Gasteiger partial charge is 0.258 e. The van der Waals surface area contributed by atoms with Crippen LogP contribution in [0.5, 0.6) is 0 Å². The van der Waals surface area contributed by atoms with E-state index in [4.69, 9.17) is 34.8 Å². The van der Waals surface area contributed by atoms with Crippen LogP contribution in [0.2, 0.25) is 15.3 Å². The lowest BCUT2D eigenvalue weighted by Gasteiger charge is -2.11. The maximum absolute atomic E-state index is 12.9. The Balaban J connectivity index is 3.02. The summed E-state index contributed by atoms with van der Waals surface area (Å²) in [6.07, 6.45) is -5.03. The standard InChI is InChI=1S/C9HCl3F3N3O2/c10-2-1-3-5(17-8(12)7(11)16-3)6(18(19)20)4(2)9(13,14)15/h1H. The average molecular weight is 346 g/mol. The van der Waals surface area contributed by atoms with E-state index in [9.17, 15) is 23.3 Å². The van der Waals surface area contributed by atoms with Crippen LogP contribution in [-0.4, -0.2) is 14.9 Å². The molecule has 0 aliphatic rings. The fourth-order valence-electron chi connectivity index (χ4n) is 1.55. The third-order valence-electron chi connectivity index (χ3n) is 2.27. The first-order valence-corrected chi connectivity index (χ1v) is 5.83. The molecule has 11 heteroatoms. The van der Waals surface area contributed by atoms with Gasteiger partial charge >= 0.3 is 11.9 Å². The third-order valence-corrected chi connectivity index (χ3v) is 3.19. The fraction of sp³-hybridized carbons (Fsp3) is 0.111. The first-order valence-electron chi connectivity index (χ1n) is 4.69. The van der Waals surface area contributed by atoms with E-state index in [0.717, 1.165) is 6.07 Å². The number of nitro benzene ring substituents is 1. The molecular weight excluding hydrogens is 345 g/mol. The summed E-state index contributed by atoms with van der Waals surface area (Å²) in [5.41, 5.74) is -3.82. The number of nitro groups is 1. The molecule has 20 heavy (non-hydrogen) atoms. The Morgan fingerprint density at radius 2 is 1.70 bits per heavy atom. The minimum absolute atomic E-state index is 0.260. The second-order valence-corrected chi connectivity index (χ2v) is 4.63. The van der Waals surface area contributed by atoms with E-state index in [0.29, 0.717) is 0 Å². The van der Waals surface area contributed by atoms with Crippen LogP contribution in [0.25, 0.3) is 11.0 Å². The predicted octanol–water partition coefficient (Wildman–Crippen LogP) is 4.52. The summed E-state index contributed by atoms with van der Waals surface area (Å²) in [7, 11) is 0. The molecule has 1 aromatic carbocycles. The highest BCUT2D eigenvalue weighted by Gasteiger charge is 2.43. The Hall–Kier alpha value is -1.38. The molecule has 0 atom stereocenters. The number of benzene rings is 1. The molecule has 0 amide bonds. The number of hydrogen-bond acceptors (Lipinski definition) is 4. The van der Waals surface area contributed by atoms with Gasteiger partial charge in [-0.1, -0.05) is 34.8 Å². The van der Waals surface area contributed by atoms with Gasteiger partial charge in [0.2, 0.25) is 0 Å². The molecule has 0 spiro atoms. The first kappa shape index (κ1) is 15.0. The Morgan fingerprint density at radius 1 is 1.15 bits per heavy atom. The average Bonchev–Trinajstić information content (AvgIpc) is 2.28. The molecule has 0 fully saturated rings. The van der Waals surface area contributed by atoms with Gasteiger partial charge in [0.25, 0.3) is 0 Å². The Bertz CT molecular complexity index is 736. The number of halogens is 6. The molecule has 0 aliphatic carbocycles. The quantitative estimate of drug-likeness (QED) is 0.562. The molecule has 0 unspecified atom stereocenters. The monoisotopic (exact) mass is 345 g/mol. The van der Waals surface area contributed by atoms with E-state index in [2.05, 4.69) is 9.97 Å². The van der Waals surface area contributed by atoms with Crippen LogP contribution in [0, 0.1) is 10.1 Å². The van der Waals surface area contributed by atoms with Crippen LogP contribution in [0.3, 0.4) is 0 Å². The number of alkyl halides is 3. The lowest BCUT2D eigenvalue weighted by atomic mass is 10.1. The first-order chi connectivity index (χ1) is 9.12. The summed E-state index contributed by atoms with van der Waals surface area (Å²) >= 11 is 16.6. The maximum Gasteiger partial charge on any atom is 0.424 e. The van der Waals surface area contributed by atoms with Crippen molar-refractivity contribution in [2.75, 3.05) is 0 Å². The number of fused-ring (bicyclic) bond motifs is 1. The Kier molecular flexibility index (Phi) is 3.66. The number of aromatic nitrogens is 2. The molecule has 0 saturated carbocycles. The van der Waals surface area contributed by atoms with Gasteiger partial charge in [-0.15, -0.1) is 0 Å². The lowest BCUT2D eigenvalue weighted by Crippen LogP contribution is -2.11. The van der Waals surface area contributed by atoms with Crippen molar-refractivity contribution in [3.8, 4) is 0 Å². The van der Waals surface area contributed by atoms with Crippen LogP contribution in [0.15, 0.2) is 6.07 Å². The highest BCUT2D eigenvalue weighted by Crippen LogP contribution is 2.44. The van der Waals surface area contributed by atoms with Crippen molar-refractivity contribution in [2.45, 2.75) is 6.18 Å². The van der Waals surface area contributed by atoms with Crippen molar-refractivity contribution in [3.05, 3.63) is 37.1 Å². The summed E-state index contributed by atoms with van der Waals surface area (Å²) < 4.78 is 38.6. The van der Waals surface area contributed by atoms with E-state index < -0.39 is 38.0 Å². The van der Waals surface area contributed by atoms with Gasteiger partial charge in [0.05, 0.1) is 15.5 Å². The molecule has 1 aromatic heterocycles. The molecular formula is C9HCl3F3N3O2. The van der Waals surface area contributed by atoms with Gasteiger partial charge in [-0.3, -0.25) is 10.1 Å². The highest BCUT2D eigenvalue weighted by atomic mass is 35.5. The minimum Gasteiger partial charge on any atom is -0.258 e. The van der Waals surface area contributed by atoms with Crippen LogP contribution in [-0.2, 0) is 6.18 Å². The van der Waals surface area contributed by atoms with Gasteiger partial charge in [-0.2, -0.15) is 13.2 Å². The molecule has 5 nitrogen and oxygen atoms in total. The number of rotatable bonds is 1. The zero-order chi connectivity index (χ0) is 15.2. The maximum atomic E-state index is 12.9. The minimum atomic E-state index is -5.03. The van der Waals surface area contributed by atoms with Gasteiger partial charge in [0.1, 0.15) is 0 Å². The summed E-state index contributed by atoms with van der Waals surface area (Å²) in [6.45, 7) is 0. The predicted molar refractivity (Wildman–Crippen MR) is 66.2 cm³/mol. The fourth-order valence-corrected chi connectivity index (χ4v) is 2.11. The van der Waals surface area contributed by atoms with Crippen LogP contribution >= 0.6 is 34.8 Å². The van der Waals surface area contributed by atoms with Crippen molar-refractivity contribution in [3.63, 3.8) is 0 Å². The van der Waals surface area contributed by atoms with Crippen molar-refractivity contribution < 1.29 is 18.1 Å². The van der Waals surface area contributed by atoms with Gasteiger partial charge < -0.3 is 0 Å². The number of hydrogen-bond donors (Lipinski definition) is 0. The second-order valence-electron chi connectivity index (χ2n) is 3.51. The summed E-state index contributed by atoms with van der Waals surface area (Å²) in [4.78, 5) is 16.8. The zero-order valence-electron chi connectivity index (χ0n) is 9.00. The van der Waals surface area contributed by atoms with Crippen LogP contribution in [0.4, 0.5) is 18.9 Å². The van der Waals surface area contributed by atoms with Crippen LogP contribution in [0.1, 0.15) is 5.56 Å². The summed E-state index contributed by atoms with van der Waals surface area (Å²) in [6, 6.07) is 0.794. The summed E-state index contributed by atoms with van der Waals surface area (Å²) in [5, 5.41) is 9.31. The molecule has 2 rings (SSSR count). The van der Waals surface area contributed by atoms with Gasteiger partial charge in [-0.05, 0) is 6.07 Å². The van der Waals surface area contributed by atoms with E-state index in [-0.39, 0.29) is 10.7 Å². The van der Waals surface area contributed by atoms with Crippen molar-refractivity contribution in [1.82, 2.24) is 9.97 Å². The molecule has 106 valence electrons. The molecule has 0 saturated heterocycles. The van der Waals surface area contributed by atoms with Gasteiger partial charge in [0, 0.05) is 0 Å². The molecule has 1 heterocycles. The van der Waals surface area contributed by atoms with Gasteiger partial charge in [0.15, 0.2) is 21.4 Å². The van der Waals surface area contributed by atoms with E-state index in [1.807, 2.05) is 0 Å². The SMILES string of the molecule is O=[N+]([O-])c1c(C(F)(F)F)c(Cl)cc2nc(Cl)c(Cl)nc12. The zero-order valence-corrected chi connectivity index (χ0v) is 11.3. The molecule has 0 bridgehead atoms. The lowest BCUT2D eigenvalue weighted by molar-refractivity contribution is -0.386. The van der Waals surface area contributed by atoms with Crippen molar-refractivity contribution in [1.29, 1.82) is 0 Å².